The molecule has 1 aromatic heterocycles. The number of aromatic nitrogens is 3. The highest BCUT2D eigenvalue weighted by Gasteiger charge is 2.01. The van der Waals surface area contributed by atoms with Gasteiger partial charge in [-0.15, -0.1) is 0 Å². The zero-order valence-corrected chi connectivity index (χ0v) is 4.85. The molecule has 1 radical (unpaired) electrons. The monoisotopic (exact) mass is 125 g/mol. The van der Waals surface area contributed by atoms with Gasteiger partial charge >= 0.3 is 5.84 Å². The summed E-state index contributed by atoms with van der Waals surface area (Å²) in [5, 5.41) is 16.1. The van der Waals surface area contributed by atoms with Crippen molar-refractivity contribution in [3.05, 3.63) is 17.9 Å². The van der Waals surface area contributed by atoms with Crippen LogP contribution in [0.2, 0.25) is 0 Å². The van der Waals surface area contributed by atoms with E-state index in [4.69, 9.17) is 0 Å². The highest BCUT2D eigenvalue weighted by Crippen LogP contribution is 1.75. The first-order valence-corrected chi connectivity index (χ1v) is 2.36. The molecule has 0 unspecified atom stereocenters. The van der Waals surface area contributed by atoms with Gasteiger partial charge in [0.15, 0.2) is 6.33 Å². The zero-order chi connectivity index (χ0) is 6.69. The maximum absolute atomic E-state index is 9.83. The van der Waals surface area contributed by atoms with Crippen molar-refractivity contribution in [3.8, 4) is 0 Å². The second-order valence-corrected chi connectivity index (χ2v) is 1.48. The lowest BCUT2D eigenvalue weighted by atomic mass is 10.7. The lowest BCUT2D eigenvalue weighted by Gasteiger charge is -1.83. The van der Waals surface area contributed by atoms with Crippen LogP contribution in [0, 0.1) is 5.21 Å². The van der Waals surface area contributed by atoms with E-state index in [1.165, 1.54) is 17.3 Å². The van der Waals surface area contributed by atoms with Gasteiger partial charge < -0.3 is 5.21 Å². The molecule has 0 aliphatic rings. The Morgan fingerprint density at radius 1 is 1.78 bits per heavy atom. The fourth-order valence-electron chi connectivity index (χ4n) is 0.417. The molecule has 5 nitrogen and oxygen atoms in total. The molecule has 0 saturated heterocycles. The van der Waals surface area contributed by atoms with Crippen LogP contribution in [0.1, 0.15) is 6.92 Å². The summed E-state index contributed by atoms with van der Waals surface area (Å²) in [6, 6.07) is 0. The van der Waals surface area contributed by atoms with E-state index in [1.54, 1.807) is 6.92 Å². The lowest BCUT2D eigenvalue weighted by Crippen LogP contribution is -2.11. The summed E-state index contributed by atoms with van der Waals surface area (Å²) in [6.07, 6.45) is 2.76. The van der Waals surface area contributed by atoms with Gasteiger partial charge in [0.25, 0.3) is 0 Å². The van der Waals surface area contributed by atoms with Gasteiger partial charge in [0.1, 0.15) is 0 Å². The first kappa shape index (κ1) is 5.74. The average Bonchev–Trinajstić information content (AvgIpc) is 2.37. The number of hydrogen-bond acceptors (Lipinski definition) is 4. The zero-order valence-electron chi connectivity index (χ0n) is 4.85. The van der Waals surface area contributed by atoms with Crippen molar-refractivity contribution in [2.24, 2.45) is 0 Å². The van der Waals surface area contributed by atoms with Gasteiger partial charge in [-0.3, -0.25) is 0 Å². The quantitative estimate of drug-likeness (QED) is 0.201. The van der Waals surface area contributed by atoms with Crippen molar-refractivity contribution in [1.29, 1.82) is 0 Å². The summed E-state index contributed by atoms with van der Waals surface area (Å²) in [5.74, 6) is 0.285. The van der Waals surface area contributed by atoms with Gasteiger partial charge in [0.05, 0.1) is 0 Å². The number of rotatable bonds is 0. The maximum Gasteiger partial charge on any atom is 0.320 e. The average molecular weight is 125 g/mol. The van der Waals surface area contributed by atoms with Crippen molar-refractivity contribution in [2.75, 3.05) is 0 Å². The van der Waals surface area contributed by atoms with Crippen molar-refractivity contribution >= 4 is 5.84 Å². The second kappa shape index (κ2) is 2.25. The third kappa shape index (κ3) is 1.04. The van der Waals surface area contributed by atoms with Crippen LogP contribution in [-0.4, -0.2) is 20.6 Å². The smallest absolute Gasteiger partial charge is 0.320 e. The Morgan fingerprint density at radius 2 is 2.56 bits per heavy atom. The standard InChI is InChI=1S/C4H5N4O/c1-4(7-9)8-3-5-2-6-8/h2-3H,1H3. The number of nitrogens with zero attached hydrogens (tertiary/aromatic N) is 4. The molecule has 0 bridgehead atoms. The summed E-state index contributed by atoms with van der Waals surface area (Å²) in [6.45, 7) is 1.56. The molecule has 0 amide bonds. The van der Waals surface area contributed by atoms with E-state index < -0.39 is 0 Å². The van der Waals surface area contributed by atoms with E-state index in [-0.39, 0.29) is 5.84 Å². The molecule has 1 aromatic rings. The summed E-state index contributed by atoms with van der Waals surface area (Å²) in [5.41, 5.74) is 0. The van der Waals surface area contributed by atoms with Crippen LogP contribution >= 0.6 is 0 Å². The van der Waals surface area contributed by atoms with E-state index in [9.17, 15) is 5.21 Å². The van der Waals surface area contributed by atoms with Crippen LogP contribution in [0.25, 0.3) is 0 Å². The van der Waals surface area contributed by atoms with Gasteiger partial charge in [0, 0.05) is 6.92 Å². The van der Waals surface area contributed by atoms with E-state index in [1.807, 2.05) is 0 Å². The Kier molecular flexibility index (Phi) is 1.44. The molecule has 0 fully saturated rings. The van der Waals surface area contributed by atoms with Crippen LogP contribution in [0.15, 0.2) is 12.7 Å². The summed E-state index contributed by atoms with van der Waals surface area (Å²) in [7, 11) is 0. The largest absolute Gasteiger partial charge is 0.675 e. The molecule has 0 atom stereocenters. The molecule has 0 spiro atoms. The first-order chi connectivity index (χ1) is 4.34. The minimum atomic E-state index is 0.285. The second-order valence-electron chi connectivity index (χ2n) is 1.48. The molecular weight excluding hydrogens is 120 g/mol. The van der Waals surface area contributed by atoms with Gasteiger partial charge in [-0.25, -0.2) is 0 Å². The van der Waals surface area contributed by atoms with E-state index >= 15 is 0 Å². The first-order valence-electron chi connectivity index (χ1n) is 2.36. The van der Waals surface area contributed by atoms with Crippen LogP contribution in [0.3, 0.4) is 0 Å². The Labute approximate surface area is 51.6 Å². The lowest BCUT2D eigenvalue weighted by molar-refractivity contribution is 0.916. The molecule has 0 aromatic carbocycles. The molecule has 1 rings (SSSR count). The minimum absolute atomic E-state index is 0.285. The van der Waals surface area contributed by atoms with Crippen LogP contribution in [-0.2, 0) is 0 Å². The fourth-order valence-corrected chi connectivity index (χ4v) is 0.417. The Balaban J connectivity index is 2.90. The molecule has 0 N–H and O–H groups in total. The third-order valence-corrected chi connectivity index (χ3v) is 0.882. The Bertz CT molecular complexity index is 202. The maximum atomic E-state index is 9.83. The number of hydrogen-bond donors (Lipinski definition) is 0. The molecule has 5 heteroatoms. The molecule has 0 saturated carbocycles. The van der Waals surface area contributed by atoms with E-state index in [0.29, 0.717) is 0 Å². The van der Waals surface area contributed by atoms with Crippen molar-refractivity contribution in [1.82, 2.24) is 19.9 Å². The molecule has 0 aliphatic carbocycles. The topological polar surface area (TPSA) is 67.9 Å². The summed E-state index contributed by atoms with van der Waals surface area (Å²) in [4.78, 5) is 3.62. The van der Waals surface area contributed by atoms with E-state index in [2.05, 4.69) is 15.2 Å². The minimum Gasteiger partial charge on any atom is -0.675 e. The molecule has 0 aliphatic heterocycles. The Morgan fingerprint density at radius 3 is 3.00 bits per heavy atom. The highest BCUT2D eigenvalue weighted by molar-refractivity contribution is 5.79. The van der Waals surface area contributed by atoms with Crippen molar-refractivity contribution in [2.45, 2.75) is 6.92 Å². The normalized spacial score (nSPS) is 11.9. The fraction of sp³-hybridized carbons (Fsp3) is 0.250. The van der Waals surface area contributed by atoms with Crippen LogP contribution < -0.4 is 5.16 Å². The highest BCUT2D eigenvalue weighted by atomic mass is 16.4. The Hall–Kier alpha value is -1.39. The summed E-state index contributed by atoms with van der Waals surface area (Å²) < 4.78 is 1.30. The third-order valence-electron chi connectivity index (χ3n) is 0.882. The predicted octanol–water partition coefficient (Wildman–Crippen LogP) is -0.622. The summed E-state index contributed by atoms with van der Waals surface area (Å²) >= 11 is 0. The molecule has 9 heavy (non-hydrogen) atoms. The van der Waals surface area contributed by atoms with Crippen LogP contribution in [0.4, 0.5) is 0 Å². The van der Waals surface area contributed by atoms with Gasteiger partial charge in [-0.2, -0.15) is 4.98 Å². The molecule has 1 heterocycles. The van der Waals surface area contributed by atoms with Crippen LogP contribution in [0.5, 0.6) is 0 Å². The predicted molar refractivity (Wildman–Crippen MR) is 31.6 cm³/mol. The van der Waals surface area contributed by atoms with Gasteiger partial charge in [0.2, 0.25) is 6.33 Å². The van der Waals surface area contributed by atoms with E-state index in [0.717, 1.165) is 0 Å². The SMILES string of the molecule is CC(=[N+][O-])n1cncn1. The van der Waals surface area contributed by atoms with Crippen molar-refractivity contribution < 1.29 is 0 Å². The molecular formula is C4H5N4O. The van der Waals surface area contributed by atoms with Gasteiger partial charge in [-0.1, -0.05) is 14.9 Å². The molecule has 47 valence electrons. The van der Waals surface area contributed by atoms with Crippen molar-refractivity contribution in [3.63, 3.8) is 0 Å². The van der Waals surface area contributed by atoms with Gasteiger partial charge in [-0.05, 0) is 0 Å².